The molecule has 1 aromatic carbocycles. The summed E-state index contributed by atoms with van der Waals surface area (Å²) in [6.45, 7) is 4.42. The fraction of sp³-hybridized carbons (Fsp3) is 0.600. The summed E-state index contributed by atoms with van der Waals surface area (Å²) in [7, 11) is 2.18. The van der Waals surface area contributed by atoms with E-state index in [1.54, 1.807) is 0 Å². The third-order valence-corrected chi connectivity index (χ3v) is 4.28. The number of hydrogen-bond acceptors (Lipinski definition) is 4. The maximum atomic E-state index is 9.59. The molecule has 1 aliphatic heterocycles. The van der Waals surface area contributed by atoms with Crippen LogP contribution in [0.3, 0.4) is 0 Å². The van der Waals surface area contributed by atoms with Crippen molar-refractivity contribution in [1.29, 1.82) is 0 Å². The van der Waals surface area contributed by atoms with Crippen LogP contribution in [0.15, 0.2) is 18.2 Å². The molecule has 1 aromatic rings. The van der Waals surface area contributed by atoms with Gasteiger partial charge in [-0.1, -0.05) is 6.07 Å². The van der Waals surface area contributed by atoms with Crippen LogP contribution in [0.2, 0.25) is 0 Å². The number of piperazine rings is 1. The van der Waals surface area contributed by atoms with Crippen LogP contribution in [0.4, 0.5) is 0 Å². The first-order valence-electron chi connectivity index (χ1n) is 7.24. The Morgan fingerprint density at radius 1 is 1.21 bits per heavy atom. The van der Waals surface area contributed by atoms with Crippen molar-refractivity contribution in [3.05, 3.63) is 29.3 Å². The van der Waals surface area contributed by atoms with Crippen LogP contribution in [-0.4, -0.2) is 48.2 Å². The van der Waals surface area contributed by atoms with E-state index in [1.807, 2.05) is 12.1 Å². The van der Waals surface area contributed by atoms with Crippen molar-refractivity contribution in [3.8, 4) is 5.75 Å². The van der Waals surface area contributed by atoms with Crippen LogP contribution in [0.5, 0.6) is 5.75 Å². The second-order valence-electron chi connectivity index (χ2n) is 5.75. The van der Waals surface area contributed by atoms with Gasteiger partial charge in [0.1, 0.15) is 5.75 Å². The second kappa shape index (κ2) is 5.49. The number of rotatable bonds is 2. The van der Waals surface area contributed by atoms with E-state index in [0.717, 1.165) is 32.6 Å². The quantitative estimate of drug-likeness (QED) is 0.847. The van der Waals surface area contributed by atoms with E-state index >= 15 is 0 Å². The Hall–Kier alpha value is -1.10. The van der Waals surface area contributed by atoms with Crippen LogP contribution in [0, 0.1) is 0 Å². The molecule has 4 nitrogen and oxygen atoms in total. The second-order valence-corrected chi connectivity index (χ2v) is 5.75. The Balaban J connectivity index is 1.70. The molecule has 1 fully saturated rings. The van der Waals surface area contributed by atoms with Gasteiger partial charge in [-0.25, -0.2) is 10.4 Å². The Morgan fingerprint density at radius 2 is 2.00 bits per heavy atom. The summed E-state index contributed by atoms with van der Waals surface area (Å²) in [6, 6.07) is 6.22. The molecule has 1 aliphatic carbocycles. The van der Waals surface area contributed by atoms with Gasteiger partial charge in [-0.15, -0.1) is 0 Å². The van der Waals surface area contributed by atoms with Crippen molar-refractivity contribution in [2.45, 2.75) is 25.3 Å². The van der Waals surface area contributed by atoms with Crippen molar-refractivity contribution in [1.82, 2.24) is 15.3 Å². The molecule has 2 aliphatic rings. The molecule has 1 atom stereocenters. The van der Waals surface area contributed by atoms with Gasteiger partial charge in [0.05, 0.1) is 0 Å². The maximum Gasteiger partial charge on any atom is 0.115 e. The number of nitrogens with one attached hydrogen (secondary N) is 1. The lowest BCUT2D eigenvalue weighted by atomic mass is 9.88. The van der Waals surface area contributed by atoms with Gasteiger partial charge in [-0.05, 0) is 49.6 Å². The van der Waals surface area contributed by atoms with Gasteiger partial charge in [0, 0.05) is 32.2 Å². The normalized spacial score (nSPS) is 25.2. The molecule has 104 valence electrons. The molecule has 0 bridgehead atoms. The Labute approximate surface area is 115 Å². The van der Waals surface area contributed by atoms with Gasteiger partial charge in [0.2, 0.25) is 0 Å². The number of phenols is 1. The number of nitrogens with zero attached hydrogens (tertiary/aromatic N) is 2. The van der Waals surface area contributed by atoms with Crippen molar-refractivity contribution in [2.24, 2.45) is 0 Å². The molecule has 1 unspecified atom stereocenters. The van der Waals surface area contributed by atoms with Gasteiger partial charge in [-0.2, -0.15) is 0 Å². The highest BCUT2D eigenvalue weighted by Crippen LogP contribution is 2.32. The Bertz CT molecular complexity index is 441. The Kier molecular flexibility index (Phi) is 3.73. The first kappa shape index (κ1) is 12.9. The molecule has 0 spiro atoms. The summed E-state index contributed by atoms with van der Waals surface area (Å²) in [4.78, 5) is 2.37. The first-order valence-corrected chi connectivity index (χ1v) is 7.24. The number of phenolic OH excluding ortho intramolecular Hbond substituents is 1. The average molecular weight is 261 g/mol. The molecule has 3 rings (SSSR count). The molecule has 1 heterocycles. The third-order valence-electron chi connectivity index (χ3n) is 4.28. The largest absolute Gasteiger partial charge is 0.508 e. The topological polar surface area (TPSA) is 38.7 Å². The molecule has 0 aromatic heterocycles. The predicted octanol–water partition coefficient (Wildman–Crippen LogP) is 1.52. The smallest absolute Gasteiger partial charge is 0.115 e. The highest BCUT2D eigenvalue weighted by atomic mass is 16.3. The van der Waals surface area contributed by atoms with Gasteiger partial charge in [0.25, 0.3) is 0 Å². The van der Waals surface area contributed by atoms with E-state index in [9.17, 15) is 5.11 Å². The summed E-state index contributed by atoms with van der Waals surface area (Å²) in [5.74, 6) is 0.388. The number of likely N-dealkylation sites (N-methyl/N-ethyl adjacent to an activating group) is 1. The minimum absolute atomic E-state index is 0.388. The minimum Gasteiger partial charge on any atom is -0.508 e. The van der Waals surface area contributed by atoms with E-state index < -0.39 is 0 Å². The molecule has 19 heavy (non-hydrogen) atoms. The summed E-state index contributed by atoms with van der Waals surface area (Å²) in [6.07, 6.45) is 3.47. The summed E-state index contributed by atoms with van der Waals surface area (Å²) >= 11 is 0. The summed E-state index contributed by atoms with van der Waals surface area (Å²) in [5.41, 5.74) is 6.35. The third kappa shape index (κ3) is 2.91. The molecule has 0 saturated carbocycles. The number of hydrogen-bond donors (Lipinski definition) is 2. The highest BCUT2D eigenvalue weighted by molar-refractivity contribution is 5.38. The standard InChI is InChI=1S/C15H23N3O/c1-17-7-9-18(10-8-17)16-15-4-2-3-12-11-13(19)5-6-14(12)15/h5-6,11,15-16,19H,2-4,7-10H2,1H3. The molecule has 1 saturated heterocycles. The Morgan fingerprint density at radius 3 is 2.79 bits per heavy atom. The van der Waals surface area contributed by atoms with Crippen LogP contribution in [0.1, 0.15) is 30.0 Å². The SMILES string of the molecule is CN1CCN(NC2CCCc3cc(O)ccc32)CC1. The maximum absolute atomic E-state index is 9.59. The van der Waals surface area contributed by atoms with Gasteiger partial charge < -0.3 is 10.0 Å². The number of aromatic hydroxyl groups is 1. The molecular weight excluding hydrogens is 238 g/mol. The number of benzene rings is 1. The molecule has 4 heteroatoms. The zero-order valence-corrected chi connectivity index (χ0v) is 11.6. The zero-order valence-electron chi connectivity index (χ0n) is 11.6. The molecular formula is C15H23N3O. The van der Waals surface area contributed by atoms with Crippen molar-refractivity contribution in [2.75, 3.05) is 33.2 Å². The fourth-order valence-electron chi connectivity index (χ4n) is 3.09. The van der Waals surface area contributed by atoms with E-state index in [0.29, 0.717) is 11.8 Å². The van der Waals surface area contributed by atoms with Crippen LogP contribution in [0.25, 0.3) is 0 Å². The lowest BCUT2D eigenvalue weighted by Gasteiger charge is -2.37. The number of fused-ring (bicyclic) bond motifs is 1. The lowest BCUT2D eigenvalue weighted by Crippen LogP contribution is -2.52. The molecule has 0 radical (unpaired) electrons. The minimum atomic E-state index is 0.388. The van der Waals surface area contributed by atoms with Crippen LogP contribution < -0.4 is 5.43 Å². The summed E-state index contributed by atoms with van der Waals surface area (Å²) in [5, 5.41) is 11.9. The zero-order chi connectivity index (χ0) is 13.2. The van der Waals surface area contributed by atoms with Crippen molar-refractivity contribution in [3.63, 3.8) is 0 Å². The lowest BCUT2D eigenvalue weighted by molar-refractivity contribution is 0.0828. The van der Waals surface area contributed by atoms with Crippen molar-refractivity contribution >= 4 is 0 Å². The van der Waals surface area contributed by atoms with E-state index in [2.05, 4.69) is 28.4 Å². The first-order chi connectivity index (χ1) is 9.22. The van der Waals surface area contributed by atoms with Crippen LogP contribution >= 0.6 is 0 Å². The monoisotopic (exact) mass is 261 g/mol. The van der Waals surface area contributed by atoms with Crippen molar-refractivity contribution < 1.29 is 5.11 Å². The fourth-order valence-corrected chi connectivity index (χ4v) is 3.09. The predicted molar refractivity (Wildman–Crippen MR) is 76.0 cm³/mol. The van der Waals surface area contributed by atoms with Crippen LogP contribution in [-0.2, 0) is 6.42 Å². The van der Waals surface area contributed by atoms with Gasteiger partial charge >= 0.3 is 0 Å². The molecule has 2 N–H and O–H groups in total. The average Bonchev–Trinajstić information content (AvgIpc) is 2.41. The highest BCUT2D eigenvalue weighted by Gasteiger charge is 2.23. The molecule has 0 amide bonds. The van der Waals surface area contributed by atoms with E-state index in [4.69, 9.17) is 0 Å². The van der Waals surface area contributed by atoms with Gasteiger partial charge in [0.15, 0.2) is 0 Å². The number of hydrazine groups is 1. The van der Waals surface area contributed by atoms with E-state index in [1.165, 1.54) is 24.0 Å². The number of aryl methyl sites for hydroxylation is 1. The van der Waals surface area contributed by atoms with Gasteiger partial charge in [-0.3, -0.25) is 0 Å². The van der Waals surface area contributed by atoms with E-state index in [-0.39, 0.29) is 0 Å². The summed E-state index contributed by atoms with van der Waals surface area (Å²) < 4.78 is 0.